The van der Waals surface area contributed by atoms with Crippen molar-refractivity contribution in [1.82, 2.24) is 0 Å². The monoisotopic (exact) mass is 474 g/mol. The van der Waals surface area contributed by atoms with E-state index >= 15 is 4.39 Å². The molecular weight excluding hydrogens is 423 g/mol. The third-order valence-electron chi connectivity index (χ3n) is 11.9. The Bertz CT molecular complexity index is 837. The normalized spacial score (nSPS) is 44.8. The summed E-state index contributed by atoms with van der Waals surface area (Å²) in [5, 5.41) is 20.9. The number of rotatable bonds is 6. The van der Waals surface area contributed by atoms with Gasteiger partial charge in [-0.1, -0.05) is 58.3 Å². The minimum atomic E-state index is -1.14. The predicted octanol–water partition coefficient (Wildman–Crippen LogP) is 7.79. The predicted molar refractivity (Wildman–Crippen MR) is 139 cm³/mol. The number of halogens is 1. The third-order valence-corrected chi connectivity index (χ3v) is 11.9. The van der Waals surface area contributed by atoms with Gasteiger partial charge < -0.3 is 10.2 Å². The highest BCUT2D eigenvalue weighted by atomic mass is 19.1. The second kappa shape index (κ2) is 8.44. The second-order valence-electron chi connectivity index (χ2n) is 14.5. The zero-order valence-corrected chi connectivity index (χ0v) is 23.0. The molecule has 0 radical (unpaired) electrons. The lowest BCUT2D eigenvalue weighted by molar-refractivity contribution is -0.135. The van der Waals surface area contributed by atoms with Crippen molar-refractivity contribution in [3.8, 4) is 0 Å². The molecule has 3 heteroatoms. The summed E-state index contributed by atoms with van der Waals surface area (Å²) in [6, 6.07) is 0. The van der Waals surface area contributed by atoms with Crippen LogP contribution in [-0.2, 0) is 0 Å². The standard InChI is InChI=1S/C31H51FO2/c1-9-20(11-10-16-27(2,3)34)21-14-17-31(8)23-12-13-25-28(4,5)26(33)24(32)19-29(25,6)22(23)15-18-30(21,31)7/h9,20-21,24-26,33-34H,1,10-19H2,2-8H3/t20-,21-,24-,25?,26-,29-,30-,31+/m1/s1. The van der Waals surface area contributed by atoms with E-state index in [1.807, 2.05) is 13.8 Å². The first-order valence-electron chi connectivity index (χ1n) is 14.0. The van der Waals surface area contributed by atoms with Crippen LogP contribution < -0.4 is 0 Å². The van der Waals surface area contributed by atoms with Crippen LogP contribution in [0.5, 0.6) is 0 Å². The first kappa shape index (κ1) is 26.4. The van der Waals surface area contributed by atoms with Crippen molar-refractivity contribution in [2.45, 2.75) is 131 Å². The van der Waals surface area contributed by atoms with Crippen LogP contribution in [0.2, 0.25) is 0 Å². The maximum absolute atomic E-state index is 15.2. The average Bonchev–Trinajstić information content (AvgIpc) is 3.00. The molecule has 4 rings (SSSR count). The molecule has 0 aliphatic heterocycles. The Hall–Kier alpha value is -0.670. The molecule has 0 bridgehead atoms. The fourth-order valence-electron chi connectivity index (χ4n) is 9.75. The van der Waals surface area contributed by atoms with Gasteiger partial charge in [0.05, 0.1) is 11.7 Å². The molecule has 2 fully saturated rings. The van der Waals surface area contributed by atoms with Gasteiger partial charge in [-0.05, 0) is 111 Å². The van der Waals surface area contributed by atoms with Gasteiger partial charge in [0.15, 0.2) is 0 Å². The van der Waals surface area contributed by atoms with Gasteiger partial charge in [-0.25, -0.2) is 4.39 Å². The van der Waals surface area contributed by atoms with Crippen LogP contribution in [-0.4, -0.2) is 28.1 Å². The highest BCUT2D eigenvalue weighted by molar-refractivity contribution is 5.39. The van der Waals surface area contributed by atoms with E-state index in [0.29, 0.717) is 24.2 Å². The van der Waals surface area contributed by atoms with E-state index in [1.165, 1.54) is 19.3 Å². The molecule has 194 valence electrons. The Morgan fingerprint density at radius 1 is 1.09 bits per heavy atom. The molecule has 4 aliphatic carbocycles. The van der Waals surface area contributed by atoms with Crippen molar-refractivity contribution in [2.75, 3.05) is 0 Å². The Labute approximate surface area is 208 Å². The van der Waals surface area contributed by atoms with Gasteiger partial charge in [0, 0.05) is 0 Å². The van der Waals surface area contributed by atoms with E-state index in [4.69, 9.17) is 0 Å². The Balaban J connectivity index is 1.65. The minimum Gasteiger partial charge on any atom is -0.390 e. The van der Waals surface area contributed by atoms with Crippen LogP contribution in [0.3, 0.4) is 0 Å². The van der Waals surface area contributed by atoms with Crippen molar-refractivity contribution in [3.05, 3.63) is 23.8 Å². The maximum atomic E-state index is 15.2. The van der Waals surface area contributed by atoms with Crippen LogP contribution in [0, 0.1) is 39.4 Å². The molecule has 2 N–H and O–H groups in total. The van der Waals surface area contributed by atoms with Crippen molar-refractivity contribution < 1.29 is 14.6 Å². The molecule has 1 unspecified atom stereocenters. The molecule has 0 spiro atoms. The zero-order valence-electron chi connectivity index (χ0n) is 23.0. The van der Waals surface area contributed by atoms with Gasteiger partial charge in [0.25, 0.3) is 0 Å². The van der Waals surface area contributed by atoms with E-state index in [9.17, 15) is 10.2 Å². The summed E-state index contributed by atoms with van der Waals surface area (Å²) in [4.78, 5) is 0. The Kier molecular flexibility index (Phi) is 6.55. The summed E-state index contributed by atoms with van der Waals surface area (Å²) < 4.78 is 15.2. The van der Waals surface area contributed by atoms with Crippen molar-refractivity contribution in [1.29, 1.82) is 0 Å². The SMILES string of the molecule is C=C[C@H](CCCC(C)(C)O)[C@H]1CC[C@@]2(C)C3=C(CC[C@]12C)[C@@]1(C)C[C@@H](F)[C@@H](O)C(C)(C)C1CC3. The summed E-state index contributed by atoms with van der Waals surface area (Å²) in [5.74, 6) is 1.45. The second-order valence-corrected chi connectivity index (χ2v) is 14.5. The molecule has 2 nitrogen and oxygen atoms in total. The average molecular weight is 475 g/mol. The molecule has 0 aromatic carbocycles. The lowest BCUT2D eigenvalue weighted by atomic mass is 9.43. The van der Waals surface area contributed by atoms with Crippen LogP contribution in [0.1, 0.15) is 113 Å². The molecule has 0 aromatic rings. The fourth-order valence-corrected chi connectivity index (χ4v) is 9.75. The smallest absolute Gasteiger partial charge is 0.127 e. The van der Waals surface area contributed by atoms with Gasteiger partial charge in [-0.2, -0.15) is 0 Å². The lowest BCUT2D eigenvalue weighted by Gasteiger charge is -2.62. The number of fused-ring (bicyclic) bond motifs is 4. The number of hydrogen-bond acceptors (Lipinski definition) is 2. The van der Waals surface area contributed by atoms with Crippen molar-refractivity contribution in [3.63, 3.8) is 0 Å². The minimum absolute atomic E-state index is 0.136. The largest absolute Gasteiger partial charge is 0.390 e. The van der Waals surface area contributed by atoms with Gasteiger partial charge in [0.2, 0.25) is 0 Å². The summed E-state index contributed by atoms with van der Waals surface area (Å²) in [5.41, 5.74) is 2.49. The van der Waals surface area contributed by atoms with Gasteiger partial charge in [-0.15, -0.1) is 6.58 Å². The summed E-state index contributed by atoms with van der Waals surface area (Å²) in [6.07, 6.45) is 10.5. The van der Waals surface area contributed by atoms with E-state index < -0.39 is 17.9 Å². The molecule has 4 aliphatic rings. The summed E-state index contributed by atoms with van der Waals surface area (Å²) in [7, 11) is 0. The summed E-state index contributed by atoms with van der Waals surface area (Å²) in [6.45, 7) is 19.7. The number of allylic oxidation sites excluding steroid dienone is 3. The van der Waals surface area contributed by atoms with Crippen LogP contribution >= 0.6 is 0 Å². The number of alkyl halides is 1. The molecule has 0 saturated heterocycles. The molecule has 2 saturated carbocycles. The third kappa shape index (κ3) is 3.78. The van der Waals surface area contributed by atoms with E-state index in [-0.39, 0.29) is 21.7 Å². The molecule has 0 heterocycles. The Morgan fingerprint density at radius 2 is 1.76 bits per heavy atom. The number of hydrogen-bond donors (Lipinski definition) is 2. The van der Waals surface area contributed by atoms with E-state index in [0.717, 1.165) is 38.5 Å². The molecule has 8 atom stereocenters. The number of aliphatic hydroxyl groups is 2. The van der Waals surface area contributed by atoms with Crippen LogP contribution in [0.4, 0.5) is 4.39 Å². The van der Waals surface area contributed by atoms with E-state index in [1.54, 1.807) is 11.1 Å². The van der Waals surface area contributed by atoms with Crippen molar-refractivity contribution >= 4 is 0 Å². The first-order valence-corrected chi connectivity index (χ1v) is 14.0. The Morgan fingerprint density at radius 3 is 2.38 bits per heavy atom. The summed E-state index contributed by atoms with van der Waals surface area (Å²) >= 11 is 0. The van der Waals surface area contributed by atoms with Gasteiger partial charge in [-0.3, -0.25) is 0 Å². The van der Waals surface area contributed by atoms with Crippen molar-refractivity contribution in [2.24, 2.45) is 39.4 Å². The quantitative estimate of drug-likeness (QED) is 0.386. The molecule has 0 aromatic heterocycles. The zero-order chi connectivity index (χ0) is 25.3. The number of aliphatic hydroxyl groups excluding tert-OH is 1. The topological polar surface area (TPSA) is 40.5 Å². The molecule has 34 heavy (non-hydrogen) atoms. The van der Waals surface area contributed by atoms with E-state index in [2.05, 4.69) is 47.3 Å². The maximum Gasteiger partial charge on any atom is 0.127 e. The fraction of sp³-hybridized carbons (Fsp3) is 0.871. The van der Waals surface area contributed by atoms with Gasteiger partial charge in [0.1, 0.15) is 6.17 Å². The molecular formula is C31H51FO2. The lowest BCUT2D eigenvalue weighted by Crippen LogP contribution is -2.58. The molecule has 0 amide bonds. The highest BCUT2D eigenvalue weighted by Crippen LogP contribution is 2.72. The highest BCUT2D eigenvalue weighted by Gasteiger charge is 2.64. The van der Waals surface area contributed by atoms with Crippen LogP contribution in [0.25, 0.3) is 0 Å². The first-order chi connectivity index (χ1) is 15.6. The van der Waals surface area contributed by atoms with Crippen LogP contribution in [0.15, 0.2) is 23.8 Å². The van der Waals surface area contributed by atoms with Gasteiger partial charge >= 0.3 is 0 Å².